The van der Waals surface area contributed by atoms with Crippen molar-refractivity contribution in [2.24, 2.45) is 29.1 Å². The molecule has 2 aliphatic heterocycles. The average molecular weight is 408 g/mol. The molecule has 6 heteroatoms. The van der Waals surface area contributed by atoms with Crippen LogP contribution < -0.4 is 4.74 Å². The fourth-order valence-corrected chi connectivity index (χ4v) is 6.39. The van der Waals surface area contributed by atoms with Crippen LogP contribution in [0.3, 0.4) is 0 Å². The molecule has 1 aromatic carbocycles. The lowest BCUT2D eigenvalue weighted by atomic mass is 9.71. The van der Waals surface area contributed by atoms with Crippen molar-refractivity contribution < 1.29 is 28.5 Å². The Labute approximate surface area is 174 Å². The summed E-state index contributed by atoms with van der Waals surface area (Å²) in [6.45, 7) is 4.04. The van der Waals surface area contributed by atoms with Crippen LogP contribution in [0.4, 0.5) is 0 Å². The number of allylic oxidation sites excluding steroid dienone is 2. The second-order valence-electron chi connectivity index (χ2n) is 9.30. The van der Waals surface area contributed by atoms with Gasteiger partial charge in [0.25, 0.3) is 0 Å². The summed E-state index contributed by atoms with van der Waals surface area (Å²) >= 11 is 0. The Balaban J connectivity index is 1.29. The summed E-state index contributed by atoms with van der Waals surface area (Å²) in [5, 5.41) is 0. The van der Waals surface area contributed by atoms with Crippen LogP contribution in [0.2, 0.25) is 0 Å². The molecule has 0 radical (unpaired) electrons. The fourth-order valence-electron chi connectivity index (χ4n) is 6.39. The number of rotatable bonds is 3. The number of ether oxygens (including phenoxy) is 4. The highest BCUT2D eigenvalue weighted by molar-refractivity contribution is 5.92. The van der Waals surface area contributed by atoms with E-state index in [1.54, 1.807) is 7.11 Å². The summed E-state index contributed by atoms with van der Waals surface area (Å²) in [5.41, 5.74) is 3.25. The van der Waals surface area contributed by atoms with E-state index in [1.807, 2.05) is 19.1 Å². The molecule has 3 aliphatic carbocycles. The van der Waals surface area contributed by atoms with Crippen molar-refractivity contribution in [1.82, 2.24) is 0 Å². The number of fused-ring (bicyclic) bond motifs is 8. The van der Waals surface area contributed by atoms with Crippen molar-refractivity contribution in [3.8, 4) is 5.75 Å². The molecule has 30 heavy (non-hydrogen) atoms. The van der Waals surface area contributed by atoms with Crippen LogP contribution in [0, 0.1) is 36.0 Å². The van der Waals surface area contributed by atoms with Crippen LogP contribution in [-0.2, 0) is 30.2 Å². The molecule has 0 spiro atoms. The number of aryl methyl sites for hydroxylation is 1. The van der Waals surface area contributed by atoms with Gasteiger partial charge in [-0.3, -0.25) is 4.79 Å². The Kier molecular flexibility index (Phi) is 3.55. The van der Waals surface area contributed by atoms with E-state index < -0.39 is 11.7 Å². The third-order valence-corrected chi connectivity index (χ3v) is 8.04. The molecule has 2 heterocycles. The summed E-state index contributed by atoms with van der Waals surface area (Å²) in [7, 11) is 1.63. The number of hydrogen-bond donors (Lipinski definition) is 0. The molecular formula is C24H24O6. The van der Waals surface area contributed by atoms with Crippen LogP contribution in [0.1, 0.15) is 36.1 Å². The highest BCUT2D eigenvalue weighted by Crippen LogP contribution is 2.61. The van der Waals surface area contributed by atoms with Crippen molar-refractivity contribution >= 4 is 11.9 Å². The number of cyclic esters (lactones) is 1. The van der Waals surface area contributed by atoms with E-state index >= 15 is 0 Å². The van der Waals surface area contributed by atoms with Crippen molar-refractivity contribution in [3.05, 3.63) is 52.8 Å². The Bertz CT molecular complexity index is 1040. The lowest BCUT2D eigenvalue weighted by Crippen LogP contribution is -2.35. The molecule has 0 aromatic heterocycles. The number of esters is 2. The van der Waals surface area contributed by atoms with Crippen LogP contribution in [0.25, 0.3) is 0 Å². The van der Waals surface area contributed by atoms with Crippen LogP contribution in [0.15, 0.2) is 36.1 Å². The van der Waals surface area contributed by atoms with Gasteiger partial charge in [0.05, 0.1) is 30.3 Å². The zero-order chi connectivity index (χ0) is 20.8. The van der Waals surface area contributed by atoms with Crippen molar-refractivity contribution in [2.45, 2.75) is 39.1 Å². The fraction of sp³-hybridized carbons (Fsp3) is 0.500. The summed E-state index contributed by atoms with van der Waals surface area (Å²) < 4.78 is 22.9. The first-order valence-corrected chi connectivity index (χ1v) is 10.6. The van der Waals surface area contributed by atoms with E-state index in [4.69, 9.17) is 18.9 Å². The van der Waals surface area contributed by atoms with Crippen LogP contribution >= 0.6 is 0 Å². The van der Waals surface area contributed by atoms with Crippen molar-refractivity contribution in [2.75, 3.05) is 7.11 Å². The molecule has 4 unspecified atom stereocenters. The molecular weight excluding hydrogens is 384 g/mol. The molecule has 5 aliphatic rings. The average Bonchev–Trinajstić information content (AvgIpc) is 3.49. The largest absolute Gasteiger partial charge is 0.496 e. The third-order valence-electron chi connectivity index (χ3n) is 8.04. The standard InChI is InChI=1S/C24H24O6/c1-11-4-7-17(27-3)18-14(11)9-15-16(21(25)29-20(15)18)10-28-22-19-12-5-6-13(8-12)24(19,2)23(26)30-22/h4-7,10,12-13,15,19-20,22H,8-9H2,1-3H3/t12-,13+,15?,19?,20?,22?,24+/m1/s1. The molecule has 6 rings (SSSR count). The Morgan fingerprint density at radius 2 is 2.03 bits per heavy atom. The Morgan fingerprint density at radius 1 is 1.20 bits per heavy atom. The van der Waals surface area contributed by atoms with Crippen LogP contribution in [-0.4, -0.2) is 25.3 Å². The maximum Gasteiger partial charge on any atom is 0.338 e. The summed E-state index contributed by atoms with van der Waals surface area (Å²) in [6.07, 6.45) is 6.43. The van der Waals surface area contributed by atoms with Gasteiger partial charge in [-0.15, -0.1) is 0 Å². The Hall–Kier alpha value is -2.76. The minimum Gasteiger partial charge on any atom is -0.496 e. The quantitative estimate of drug-likeness (QED) is 0.331. The second-order valence-corrected chi connectivity index (χ2v) is 9.30. The zero-order valence-corrected chi connectivity index (χ0v) is 17.2. The normalized spacial score (nSPS) is 41.0. The maximum absolute atomic E-state index is 12.6. The van der Waals surface area contributed by atoms with Crippen molar-refractivity contribution in [3.63, 3.8) is 0 Å². The van der Waals surface area contributed by atoms with Crippen LogP contribution in [0.5, 0.6) is 5.75 Å². The van der Waals surface area contributed by atoms with E-state index in [-0.39, 0.29) is 41.7 Å². The van der Waals surface area contributed by atoms with Gasteiger partial charge in [-0.2, -0.15) is 0 Å². The van der Waals surface area contributed by atoms with Gasteiger partial charge in [0, 0.05) is 11.5 Å². The molecule has 2 saturated heterocycles. The van der Waals surface area contributed by atoms with E-state index in [2.05, 4.69) is 19.1 Å². The van der Waals surface area contributed by atoms with Gasteiger partial charge in [0.1, 0.15) is 11.9 Å². The van der Waals surface area contributed by atoms with Gasteiger partial charge in [-0.1, -0.05) is 18.2 Å². The number of benzene rings is 1. The summed E-state index contributed by atoms with van der Waals surface area (Å²) in [6, 6.07) is 3.95. The third kappa shape index (κ3) is 2.09. The van der Waals surface area contributed by atoms with Gasteiger partial charge in [0.2, 0.25) is 6.29 Å². The van der Waals surface area contributed by atoms with E-state index in [0.29, 0.717) is 12.0 Å². The topological polar surface area (TPSA) is 71.1 Å². The highest BCUT2D eigenvalue weighted by Gasteiger charge is 2.67. The second kappa shape index (κ2) is 5.90. The van der Waals surface area contributed by atoms with Gasteiger partial charge in [-0.25, -0.2) is 4.79 Å². The molecule has 6 nitrogen and oxygen atoms in total. The molecule has 156 valence electrons. The monoisotopic (exact) mass is 408 g/mol. The van der Waals surface area contributed by atoms with Gasteiger partial charge in [0.15, 0.2) is 0 Å². The minimum absolute atomic E-state index is 0.0202. The van der Waals surface area contributed by atoms with Gasteiger partial charge in [-0.05, 0) is 55.7 Å². The maximum atomic E-state index is 12.6. The SMILES string of the molecule is COc1ccc(C)c2c1C1OC(=O)C(=COC3OC(=O)[C@]4(C)C3[C@@H]3C=C[C@H]4C3)C1C2. The zero-order valence-electron chi connectivity index (χ0n) is 17.2. The smallest absolute Gasteiger partial charge is 0.338 e. The molecule has 2 bridgehead atoms. The number of hydrogen-bond acceptors (Lipinski definition) is 6. The predicted molar refractivity (Wildman–Crippen MR) is 105 cm³/mol. The van der Waals surface area contributed by atoms with E-state index in [9.17, 15) is 9.59 Å². The molecule has 0 N–H and O–H groups in total. The molecule has 3 fully saturated rings. The Morgan fingerprint density at radius 3 is 2.83 bits per heavy atom. The first-order chi connectivity index (χ1) is 14.4. The first kappa shape index (κ1) is 18.0. The first-order valence-electron chi connectivity index (χ1n) is 10.6. The number of methoxy groups -OCH3 is 1. The van der Waals surface area contributed by atoms with Gasteiger partial charge >= 0.3 is 11.9 Å². The van der Waals surface area contributed by atoms with Crippen molar-refractivity contribution in [1.29, 1.82) is 0 Å². The van der Waals surface area contributed by atoms with E-state index in [0.717, 1.165) is 23.3 Å². The lowest BCUT2D eigenvalue weighted by molar-refractivity contribution is -0.161. The molecule has 0 amide bonds. The lowest BCUT2D eigenvalue weighted by Gasteiger charge is -2.28. The number of carbonyl (C=O) groups excluding carboxylic acids is 2. The summed E-state index contributed by atoms with van der Waals surface area (Å²) in [4.78, 5) is 25.3. The highest BCUT2D eigenvalue weighted by atomic mass is 16.7. The van der Waals surface area contributed by atoms with E-state index in [1.165, 1.54) is 11.8 Å². The van der Waals surface area contributed by atoms with Gasteiger partial charge < -0.3 is 18.9 Å². The summed E-state index contributed by atoms with van der Waals surface area (Å²) in [5.74, 6) is 0.515. The molecule has 7 atom stereocenters. The molecule has 1 saturated carbocycles. The number of carbonyl (C=O) groups is 2. The minimum atomic E-state index is -0.665. The molecule has 1 aromatic rings. The predicted octanol–water partition coefficient (Wildman–Crippen LogP) is 3.39.